The third-order valence-electron chi connectivity index (χ3n) is 2.81. The zero-order valence-electron chi connectivity index (χ0n) is 8.53. The molecule has 1 aliphatic heterocycles. The summed E-state index contributed by atoms with van der Waals surface area (Å²) in [5, 5.41) is 0. The quantitative estimate of drug-likeness (QED) is 0.908. The second kappa shape index (κ2) is 5.73. The van der Waals surface area contributed by atoms with Gasteiger partial charge in [0, 0.05) is 23.2 Å². The van der Waals surface area contributed by atoms with Crippen molar-refractivity contribution in [3.05, 3.63) is 28.7 Å². The Balaban J connectivity index is 0.00000112. The average molecular weight is 292 g/mol. The first-order chi connectivity index (χ1) is 6.79. The van der Waals surface area contributed by atoms with Crippen LogP contribution in [0.4, 0.5) is 5.69 Å². The maximum Gasteiger partial charge on any atom is 0.0367 e. The van der Waals surface area contributed by atoms with E-state index in [1.165, 1.54) is 12.1 Å². The third-order valence-corrected chi connectivity index (χ3v) is 3.34. The molecule has 1 unspecified atom stereocenters. The molecule has 84 valence electrons. The van der Waals surface area contributed by atoms with Gasteiger partial charge in [0.05, 0.1) is 0 Å². The first-order valence-electron chi connectivity index (χ1n) is 5.00. The zero-order valence-corrected chi connectivity index (χ0v) is 10.9. The van der Waals surface area contributed by atoms with Crippen molar-refractivity contribution in [2.75, 3.05) is 24.5 Å². The molecule has 4 heteroatoms. The van der Waals surface area contributed by atoms with Gasteiger partial charge < -0.3 is 10.6 Å². The van der Waals surface area contributed by atoms with Gasteiger partial charge in [0.2, 0.25) is 0 Å². The summed E-state index contributed by atoms with van der Waals surface area (Å²) in [7, 11) is 0. The lowest BCUT2D eigenvalue weighted by molar-refractivity contribution is 0.602. The molecule has 2 N–H and O–H groups in total. The van der Waals surface area contributed by atoms with Crippen LogP contribution in [0.25, 0.3) is 0 Å². The summed E-state index contributed by atoms with van der Waals surface area (Å²) in [6.07, 6.45) is 1.23. The van der Waals surface area contributed by atoms with E-state index in [0.29, 0.717) is 5.92 Å². The monoisotopic (exact) mass is 290 g/mol. The van der Waals surface area contributed by atoms with Crippen molar-refractivity contribution in [3.63, 3.8) is 0 Å². The number of anilines is 1. The van der Waals surface area contributed by atoms with Crippen LogP contribution < -0.4 is 10.6 Å². The molecule has 2 rings (SSSR count). The highest BCUT2D eigenvalue weighted by atomic mass is 79.9. The highest BCUT2D eigenvalue weighted by molar-refractivity contribution is 9.10. The second-order valence-corrected chi connectivity index (χ2v) is 4.73. The number of hydrogen-bond acceptors (Lipinski definition) is 2. The van der Waals surface area contributed by atoms with E-state index in [9.17, 15) is 0 Å². The molecule has 1 aromatic rings. The number of hydrogen-bond donors (Lipinski definition) is 1. The molecule has 0 amide bonds. The van der Waals surface area contributed by atoms with E-state index >= 15 is 0 Å². The largest absolute Gasteiger partial charge is 0.371 e. The van der Waals surface area contributed by atoms with Crippen molar-refractivity contribution in [2.24, 2.45) is 11.7 Å². The smallest absolute Gasteiger partial charge is 0.0367 e. The Morgan fingerprint density at radius 2 is 2.00 bits per heavy atom. The minimum absolute atomic E-state index is 0. The minimum Gasteiger partial charge on any atom is -0.371 e. The molecule has 1 saturated heterocycles. The Bertz CT molecular complexity index is 302. The van der Waals surface area contributed by atoms with E-state index in [0.717, 1.165) is 24.1 Å². The first-order valence-corrected chi connectivity index (χ1v) is 5.79. The Morgan fingerprint density at radius 1 is 1.33 bits per heavy atom. The van der Waals surface area contributed by atoms with Gasteiger partial charge in [-0.3, -0.25) is 0 Å². The van der Waals surface area contributed by atoms with E-state index in [1.54, 1.807) is 0 Å². The number of halogens is 2. The molecule has 1 heterocycles. The molecule has 1 aromatic carbocycles. The molecular formula is C11H16BrClN2. The Kier molecular flexibility index (Phi) is 4.90. The molecule has 1 fully saturated rings. The summed E-state index contributed by atoms with van der Waals surface area (Å²) >= 11 is 3.44. The van der Waals surface area contributed by atoms with E-state index < -0.39 is 0 Å². The summed E-state index contributed by atoms with van der Waals surface area (Å²) in [4.78, 5) is 2.41. The maximum atomic E-state index is 5.66. The molecule has 1 aliphatic rings. The van der Waals surface area contributed by atoms with Crippen molar-refractivity contribution < 1.29 is 0 Å². The Hall–Kier alpha value is -0.250. The number of nitrogens with zero attached hydrogens (tertiary/aromatic N) is 1. The van der Waals surface area contributed by atoms with Gasteiger partial charge in [-0.2, -0.15) is 0 Å². The molecule has 15 heavy (non-hydrogen) atoms. The molecule has 0 saturated carbocycles. The van der Waals surface area contributed by atoms with E-state index in [4.69, 9.17) is 5.73 Å². The number of nitrogens with two attached hydrogens (primary N) is 1. The Morgan fingerprint density at radius 3 is 2.53 bits per heavy atom. The van der Waals surface area contributed by atoms with E-state index in [2.05, 4.69) is 45.1 Å². The van der Waals surface area contributed by atoms with Gasteiger partial charge >= 0.3 is 0 Å². The molecule has 0 spiro atoms. The number of benzene rings is 1. The van der Waals surface area contributed by atoms with Crippen molar-refractivity contribution in [1.29, 1.82) is 0 Å². The standard InChI is InChI=1S/C11H15BrN2.ClH/c12-10-1-3-11(4-2-10)14-6-5-9(7-13)8-14;/h1-4,9H,5-8,13H2;1H. The average Bonchev–Trinajstić information content (AvgIpc) is 2.67. The van der Waals surface area contributed by atoms with Crippen LogP contribution in [-0.2, 0) is 0 Å². The van der Waals surface area contributed by atoms with Gasteiger partial charge in [-0.15, -0.1) is 12.4 Å². The lowest BCUT2D eigenvalue weighted by Gasteiger charge is -2.18. The summed E-state index contributed by atoms with van der Waals surface area (Å²) in [6, 6.07) is 8.49. The normalized spacial score (nSPS) is 20.1. The van der Waals surface area contributed by atoms with Crippen LogP contribution in [0.5, 0.6) is 0 Å². The highest BCUT2D eigenvalue weighted by Gasteiger charge is 2.20. The molecule has 0 bridgehead atoms. The van der Waals surface area contributed by atoms with Crippen molar-refractivity contribution in [2.45, 2.75) is 6.42 Å². The van der Waals surface area contributed by atoms with Gasteiger partial charge in [-0.05, 0) is 43.1 Å². The van der Waals surface area contributed by atoms with Crippen LogP contribution >= 0.6 is 28.3 Å². The fraction of sp³-hybridized carbons (Fsp3) is 0.455. The van der Waals surface area contributed by atoms with Crippen molar-refractivity contribution in [1.82, 2.24) is 0 Å². The molecule has 1 atom stereocenters. The summed E-state index contributed by atoms with van der Waals surface area (Å²) in [5.74, 6) is 0.679. The maximum absolute atomic E-state index is 5.66. The predicted octanol–water partition coefficient (Wildman–Crippen LogP) is 2.66. The predicted molar refractivity (Wildman–Crippen MR) is 70.8 cm³/mol. The summed E-state index contributed by atoms with van der Waals surface area (Å²) < 4.78 is 1.14. The SMILES string of the molecule is Cl.NCC1CCN(c2ccc(Br)cc2)C1. The van der Waals surface area contributed by atoms with Crippen LogP contribution in [0.2, 0.25) is 0 Å². The topological polar surface area (TPSA) is 29.3 Å². The fourth-order valence-electron chi connectivity index (χ4n) is 1.91. The lowest BCUT2D eigenvalue weighted by atomic mass is 10.1. The van der Waals surface area contributed by atoms with Crippen molar-refractivity contribution in [3.8, 4) is 0 Å². The van der Waals surface area contributed by atoms with Crippen molar-refractivity contribution >= 4 is 34.0 Å². The third kappa shape index (κ3) is 3.10. The van der Waals surface area contributed by atoms with Crippen LogP contribution in [-0.4, -0.2) is 19.6 Å². The van der Waals surface area contributed by atoms with Gasteiger partial charge in [0.1, 0.15) is 0 Å². The van der Waals surface area contributed by atoms with Gasteiger partial charge in [0.15, 0.2) is 0 Å². The highest BCUT2D eigenvalue weighted by Crippen LogP contribution is 2.24. The van der Waals surface area contributed by atoms with Gasteiger partial charge in [0.25, 0.3) is 0 Å². The van der Waals surface area contributed by atoms with Gasteiger partial charge in [-0.1, -0.05) is 15.9 Å². The van der Waals surface area contributed by atoms with Crippen LogP contribution in [0.1, 0.15) is 6.42 Å². The molecular weight excluding hydrogens is 275 g/mol. The second-order valence-electron chi connectivity index (χ2n) is 3.81. The lowest BCUT2D eigenvalue weighted by Crippen LogP contribution is -2.22. The molecule has 0 aromatic heterocycles. The fourth-order valence-corrected chi connectivity index (χ4v) is 2.18. The first kappa shape index (κ1) is 12.8. The summed E-state index contributed by atoms with van der Waals surface area (Å²) in [5.41, 5.74) is 6.97. The summed E-state index contributed by atoms with van der Waals surface area (Å²) in [6.45, 7) is 3.06. The van der Waals surface area contributed by atoms with Crippen LogP contribution in [0.3, 0.4) is 0 Å². The van der Waals surface area contributed by atoms with Gasteiger partial charge in [-0.25, -0.2) is 0 Å². The molecule has 2 nitrogen and oxygen atoms in total. The number of rotatable bonds is 2. The van der Waals surface area contributed by atoms with Crippen LogP contribution in [0, 0.1) is 5.92 Å². The minimum atomic E-state index is 0. The van der Waals surface area contributed by atoms with E-state index in [1.807, 2.05) is 0 Å². The van der Waals surface area contributed by atoms with E-state index in [-0.39, 0.29) is 12.4 Å². The zero-order chi connectivity index (χ0) is 9.97. The Labute approximate surface area is 105 Å². The molecule has 0 radical (unpaired) electrons. The molecule has 0 aliphatic carbocycles. The van der Waals surface area contributed by atoms with Crippen LogP contribution in [0.15, 0.2) is 28.7 Å².